The van der Waals surface area contributed by atoms with Gasteiger partial charge in [0.05, 0.1) is 6.61 Å². The fourth-order valence-corrected chi connectivity index (χ4v) is 2.08. The van der Waals surface area contributed by atoms with Gasteiger partial charge in [0.25, 0.3) is 0 Å². The average molecular weight is 207 g/mol. The third-order valence-corrected chi connectivity index (χ3v) is 2.97. The molecule has 0 aliphatic carbocycles. The molecule has 1 heterocycles. The summed E-state index contributed by atoms with van der Waals surface area (Å²) in [6.45, 7) is 2.92. The van der Waals surface area contributed by atoms with Crippen LogP contribution in [0.25, 0.3) is 0 Å². The summed E-state index contributed by atoms with van der Waals surface area (Å²) in [5.74, 6) is 0.256. The summed E-state index contributed by atoms with van der Waals surface area (Å²) in [5.41, 5.74) is 1.54. The lowest BCUT2D eigenvalue weighted by Gasteiger charge is -2.16. The van der Waals surface area contributed by atoms with Crippen molar-refractivity contribution in [2.24, 2.45) is 0 Å². The SMILES string of the molecule is OCc1cccc(CN2CCCC2)c1O. The van der Waals surface area contributed by atoms with Crippen LogP contribution >= 0.6 is 0 Å². The first-order chi connectivity index (χ1) is 7.31. The van der Waals surface area contributed by atoms with Crippen LogP contribution in [0.1, 0.15) is 24.0 Å². The van der Waals surface area contributed by atoms with Gasteiger partial charge < -0.3 is 10.2 Å². The zero-order valence-corrected chi connectivity index (χ0v) is 8.82. The van der Waals surface area contributed by atoms with Gasteiger partial charge in [0.15, 0.2) is 0 Å². The molecular formula is C12H17NO2. The topological polar surface area (TPSA) is 43.7 Å². The first-order valence-electron chi connectivity index (χ1n) is 5.44. The molecule has 82 valence electrons. The molecule has 3 heteroatoms. The fourth-order valence-electron chi connectivity index (χ4n) is 2.08. The number of aromatic hydroxyl groups is 1. The number of benzene rings is 1. The number of para-hydroxylation sites is 1. The Balaban J connectivity index is 2.13. The molecule has 3 nitrogen and oxygen atoms in total. The minimum absolute atomic E-state index is 0.0975. The maximum absolute atomic E-state index is 9.86. The Morgan fingerprint density at radius 1 is 1.13 bits per heavy atom. The molecule has 0 amide bonds. The van der Waals surface area contributed by atoms with Gasteiger partial charge >= 0.3 is 0 Å². The van der Waals surface area contributed by atoms with E-state index in [1.54, 1.807) is 6.07 Å². The summed E-state index contributed by atoms with van der Waals surface area (Å²) < 4.78 is 0. The number of likely N-dealkylation sites (tertiary alicyclic amines) is 1. The molecule has 0 spiro atoms. The molecule has 0 atom stereocenters. The van der Waals surface area contributed by atoms with Gasteiger partial charge in [-0.05, 0) is 25.9 Å². The van der Waals surface area contributed by atoms with Crippen molar-refractivity contribution < 1.29 is 10.2 Å². The van der Waals surface area contributed by atoms with E-state index in [-0.39, 0.29) is 12.4 Å². The Morgan fingerprint density at radius 2 is 1.80 bits per heavy atom. The first-order valence-corrected chi connectivity index (χ1v) is 5.44. The van der Waals surface area contributed by atoms with Crippen LogP contribution in [0.2, 0.25) is 0 Å². The summed E-state index contributed by atoms with van der Waals surface area (Å²) in [5, 5.41) is 18.9. The minimum Gasteiger partial charge on any atom is -0.507 e. The molecule has 0 bridgehead atoms. The lowest BCUT2D eigenvalue weighted by atomic mass is 10.1. The zero-order valence-electron chi connectivity index (χ0n) is 8.82. The lowest BCUT2D eigenvalue weighted by Crippen LogP contribution is -2.18. The fraction of sp³-hybridized carbons (Fsp3) is 0.500. The average Bonchev–Trinajstić information content (AvgIpc) is 2.74. The van der Waals surface area contributed by atoms with Gasteiger partial charge in [-0.25, -0.2) is 0 Å². The highest BCUT2D eigenvalue weighted by molar-refractivity contribution is 5.39. The third kappa shape index (κ3) is 2.30. The van der Waals surface area contributed by atoms with Crippen LogP contribution in [0.5, 0.6) is 5.75 Å². The van der Waals surface area contributed by atoms with Crippen LogP contribution in [0.4, 0.5) is 0 Å². The van der Waals surface area contributed by atoms with E-state index in [0.717, 1.165) is 25.2 Å². The summed E-state index contributed by atoms with van der Waals surface area (Å²) in [7, 11) is 0. The van der Waals surface area contributed by atoms with Gasteiger partial charge in [0, 0.05) is 17.7 Å². The highest BCUT2D eigenvalue weighted by Gasteiger charge is 2.14. The molecule has 1 fully saturated rings. The number of phenols is 1. The quantitative estimate of drug-likeness (QED) is 0.789. The van der Waals surface area contributed by atoms with Gasteiger partial charge in [-0.3, -0.25) is 4.90 Å². The normalized spacial score (nSPS) is 17.1. The van der Waals surface area contributed by atoms with Crippen molar-refractivity contribution in [3.05, 3.63) is 29.3 Å². The van der Waals surface area contributed by atoms with Gasteiger partial charge in [-0.1, -0.05) is 18.2 Å². The van der Waals surface area contributed by atoms with Gasteiger partial charge in [0.1, 0.15) is 5.75 Å². The van der Waals surface area contributed by atoms with Crippen molar-refractivity contribution in [3.8, 4) is 5.75 Å². The number of hydrogen-bond acceptors (Lipinski definition) is 3. The Bertz CT molecular complexity index is 332. The van der Waals surface area contributed by atoms with Gasteiger partial charge in [-0.2, -0.15) is 0 Å². The molecule has 1 aliphatic rings. The second-order valence-electron chi connectivity index (χ2n) is 4.07. The van der Waals surface area contributed by atoms with E-state index in [4.69, 9.17) is 5.11 Å². The van der Waals surface area contributed by atoms with Crippen molar-refractivity contribution in [1.82, 2.24) is 4.90 Å². The second-order valence-corrected chi connectivity index (χ2v) is 4.07. The summed E-state index contributed by atoms with van der Waals surface area (Å²) >= 11 is 0. The minimum atomic E-state index is -0.0975. The first kappa shape index (κ1) is 10.5. The van der Waals surface area contributed by atoms with Crippen LogP contribution in [0, 0.1) is 0 Å². The molecule has 0 aromatic heterocycles. The summed E-state index contributed by atoms with van der Waals surface area (Å²) in [6.07, 6.45) is 2.50. The molecule has 15 heavy (non-hydrogen) atoms. The molecule has 2 rings (SSSR count). The van der Waals surface area contributed by atoms with Crippen LogP contribution in [-0.2, 0) is 13.2 Å². The Labute approximate surface area is 90.0 Å². The summed E-state index contributed by atoms with van der Waals surface area (Å²) in [4.78, 5) is 2.33. The molecule has 1 aromatic rings. The Morgan fingerprint density at radius 3 is 2.47 bits per heavy atom. The van der Waals surface area contributed by atoms with Crippen molar-refractivity contribution in [1.29, 1.82) is 0 Å². The molecule has 1 saturated heterocycles. The maximum atomic E-state index is 9.86. The van der Waals surface area contributed by atoms with E-state index in [9.17, 15) is 5.11 Å². The maximum Gasteiger partial charge on any atom is 0.125 e. The van der Waals surface area contributed by atoms with E-state index < -0.39 is 0 Å². The van der Waals surface area contributed by atoms with E-state index >= 15 is 0 Å². The van der Waals surface area contributed by atoms with Crippen molar-refractivity contribution >= 4 is 0 Å². The molecule has 1 aromatic carbocycles. The van der Waals surface area contributed by atoms with Crippen LogP contribution in [0.3, 0.4) is 0 Å². The van der Waals surface area contributed by atoms with Crippen molar-refractivity contribution in [2.75, 3.05) is 13.1 Å². The predicted molar refractivity (Wildman–Crippen MR) is 58.5 cm³/mol. The summed E-state index contributed by atoms with van der Waals surface area (Å²) in [6, 6.07) is 5.56. The molecule has 1 aliphatic heterocycles. The molecular weight excluding hydrogens is 190 g/mol. The molecule has 0 radical (unpaired) electrons. The number of rotatable bonds is 3. The van der Waals surface area contributed by atoms with Crippen LogP contribution in [-0.4, -0.2) is 28.2 Å². The second kappa shape index (κ2) is 4.64. The van der Waals surface area contributed by atoms with Gasteiger partial charge in [0.2, 0.25) is 0 Å². The number of nitrogens with zero attached hydrogens (tertiary/aromatic N) is 1. The van der Waals surface area contributed by atoms with E-state index in [1.807, 2.05) is 12.1 Å². The monoisotopic (exact) mass is 207 g/mol. The predicted octanol–water partition coefficient (Wildman–Crippen LogP) is 1.48. The number of hydrogen-bond donors (Lipinski definition) is 2. The van der Waals surface area contributed by atoms with E-state index in [2.05, 4.69) is 4.90 Å². The van der Waals surface area contributed by atoms with E-state index in [1.165, 1.54) is 12.8 Å². The van der Waals surface area contributed by atoms with Crippen molar-refractivity contribution in [2.45, 2.75) is 26.0 Å². The van der Waals surface area contributed by atoms with Crippen molar-refractivity contribution in [3.63, 3.8) is 0 Å². The molecule has 0 unspecified atom stereocenters. The smallest absolute Gasteiger partial charge is 0.125 e. The standard InChI is InChI=1S/C12H17NO2/c14-9-11-5-3-4-10(12(11)15)8-13-6-1-2-7-13/h3-5,14-15H,1-2,6-9H2. The largest absolute Gasteiger partial charge is 0.507 e. The highest BCUT2D eigenvalue weighted by Crippen LogP contribution is 2.24. The molecule has 2 N–H and O–H groups in total. The number of aliphatic hydroxyl groups is 1. The van der Waals surface area contributed by atoms with Crippen LogP contribution < -0.4 is 0 Å². The number of aliphatic hydroxyl groups excluding tert-OH is 1. The zero-order chi connectivity index (χ0) is 10.7. The Kier molecular flexibility index (Phi) is 3.23. The molecule has 0 saturated carbocycles. The highest BCUT2D eigenvalue weighted by atomic mass is 16.3. The van der Waals surface area contributed by atoms with E-state index in [0.29, 0.717) is 5.56 Å². The van der Waals surface area contributed by atoms with Crippen LogP contribution in [0.15, 0.2) is 18.2 Å². The third-order valence-electron chi connectivity index (χ3n) is 2.97. The lowest BCUT2D eigenvalue weighted by molar-refractivity contribution is 0.273. The Hall–Kier alpha value is -1.06. The van der Waals surface area contributed by atoms with Gasteiger partial charge in [-0.15, -0.1) is 0 Å².